The molecule has 0 heterocycles. The van der Waals surface area contributed by atoms with Crippen LogP contribution in [0.1, 0.15) is 12.0 Å². The number of benzene rings is 2. The largest absolute Gasteiger partial charge is 0.496 e. The molecule has 1 aliphatic carbocycles. The van der Waals surface area contributed by atoms with E-state index in [2.05, 4.69) is 5.32 Å². The number of carbonyl (C=O) groups is 2. The van der Waals surface area contributed by atoms with Gasteiger partial charge in [-0.05, 0) is 24.6 Å². The highest BCUT2D eigenvalue weighted by Gasteiger charge is 2.49. The van der Waals surface area contributed by atoms with Crippen molar-refractivity contribution < 1.29 is 14.3 Å². The molecule has 5 heteroatoms. The zero-order chi connectivity index (χ0) is 17.8. The topological polar surface area (TPSA) is 58.6 Å². The third-order valence-corrected chi connectivity index (χ3v) is 4.56. The molecule has 25 heavy (non-hydrogen) atoms. The van der Waals surface area contributed by atoms with Crippen LogP contribution >= 0.6 is 0 Å². The molecule has 2 aromatic rings. The third-order valence-electron chi connectivity index (χ3n) is 4.56. The molecule has 1 aliphatic rings. The van der Waals surface area contributed by atoms with Crippen LogP contribution in [0.2, 0.25) is 0 Å². The number of para-hydroxylation sites is 2. The number of ether oxygens (including phenoxy) is 1. The van der Waals surface area contributed by atoms with E-state index < -0.39 is 0 Å². The molecule has 2 aromatic carbocycles. The highest BCUT2D eigenvalue weighted by atomic mass is 16.5. The van der Waals surface area contributed by atoms with Crippen molar-refractivity contribution in [2.75, 3.05) is 19.1 Å². The molecule has 0 aromatic heterocycles. The van der Waals surface area contributed by atoms with Crippen molar-refractivity contribution in [3.63, 3.8) is 0 Å². The lowest BCUT2D eigenvalue weighted by atomic mass is 10.2. The van der Waals surface area contributed by atoms with E-state index in [9.17, 15) is 9.59 Å². The Morgan fingerprint density at radius 2 is 1.76 bits per heavy atom. The molecule has 2 amide bonds. The Labute approximate surface area is 147 Å². The van der Waals surface area contributed by atoms with Gasteiger partial charge in [0.15, 0.2) is 0 Å². The molecule has 5 nitrogen and oxygen atoms in total. The SMILES string of the molecule is COc1ccccc1CNC(=O)C1CC1C(=O)N(C)c1ccccc1. The molecule has 1 fully saturated rings. The van der Waals surface area contributed by atoms with Crippen LogP contribution in [0.4, 0.5) is 5.69 Å². The summed E-state index contributed by atoms with van der Waals surface area (Å²) in [5, 5.41) is 2.91. The first kappa shape index (κ1) is 17.0. The molecule has 3 rings (SSSR count). The number of nitrogens with one attached hydrogen (secondary N) is 1. The fraction of sp³-hybridized carbons (Fsp3) is 0.300. The number of hydrogen-bond donors (Lipinski definition) is 1. The fourth-order valence-corrected chi connectivity index (χ4v) is 2.95. The average molecular weight is 338 g/mol. The van der Waals surface area contributed by atoms with Crippen molar-refractivity contribution >= 4 is 17.5 Å². The number of amides is 2. The lowest BCUT2D eigenvalue weighted by Crippen LogP contribution is -2.31. The van der Waals surface area contributed by atoms with Crippen molar-refractivity contribution in [2.45, 2.75) is 13.0 Å². The molecular weight excluding hydrogens is 316 g/mol. The van der Waals surface area contributed by atoms with E-state index in [1.807, 2.05) is 54.6 Å². The molecule has 2 atom stereocenters. The lowest BCUT2D eigenvalue weighted by molar-refractivity contribution is -0.126. The number of hydrogen-bond acceptors (Lipinski definition) is 3. The molecule has 0 bridgehead atoms. The summed E-state index contributed by atoms with van der Waals surface area (Å²) in [6.45, 7) is 0.398. The quantitative estimate of drug-likeness (QED) is 0.881. The van der Waals surface area contributed by atoms with E-state index in [1.54, 1.807) is 19.1 Å². The van der Waals surface area contributed by atoms with Gasteiger partial charge in [0.1, 0.15) is 5.75 Å². The molecule has 1 N–H and O–H groups in total. The van der Waals surface area contributed by atoms with Gasteiger partial charge in [0.05, 0.1) is 18.9 Å². The summed E-state index contributed by atoms with van der Waals surface area (Å²) in [5.74, 6) is 0.181. The molecule has 0 spiro atoms. The van der Waals surface area contributed by atoms with Gasteiger partial charge < -0.3 is 15.0 Å². The van der Waals surface area contributed by atoms with E-state index in [4.69, 9.17) is 4.74 Å². The van der Waals surface area contributed by atoms with Crippen LogP contribution < -0.4 is 15.0 Å². The lowest BCUT2D eigenvalue weighted by Gasteiger charge is -2.17. The van der Waals surface area contributed by atoms with E-state index in [0.717, 1.165) is 17.0 Å². The minimum absolute atomic E-state index is 0.0105. The van der Waals surface area contributed by atoms with E-state index >= 15 is 0 Å². The molecule has 0 radical (unpaired) electrons. The van der Waals surface area contributed by atoms with E-state index in [1.165, 1.54) is 0 Å². The number of methoxy groups -OCH3 is 1. The Morgan fingerprint density at radius 3 is 2.48 bits per heavy atom. The summed E-state index contributed by atoms with van der Waals surface area (Å²) in [4.78, 5) is 26.5. The van der Waals surface area contributed by atoms with Crippen LogP contribution in [0, 0.1) is 11.8 Å². The summed E-state index contributed by atoms with van der Waals surface area (Å²) in [5.41, 5.74) is 1.76. The molecule has 2 unspecified atom stereocenters. The monoisotopic (exact) mass is 338 g/mol. The van der Waals surface area contributed by atoms with Gasteiger partial charge in [-0.1, -0.05) is 36.4 Å². The predicted molar refractivity (Wildman–Crippen MR) is 96.3 cm³/mol. The van der Waals surface area contributed by atoms with Crippen LogP contribution in [-0.4, -0.2) is 26.0 Å². The Balaban J connectivity index is 1.54. The maximum atomic E-state index is 12.5. The summed E-state index contributed by atoms with van der Waals surface area (Å²) < 4.78 is 5.28. The Morgan fingerprint density at radius 1 is 1.08 bits per heavy atom. The Hall–Kier alpha value is -2.82. The number of anilines is 1. The van der Waals surface area contributed by atoms with Gasteiger partial charge in [0, 0.05) is 24.8 Å². The number of carbonyl (C=O) groups excluding carboxylic acids is 2. The number of nitrogens with zero attached hydrogens (tertiary/aromatic N) is 1. The Bertz CT molecular complexity index is 761. The van der Waals surface area contributed by atoms with Crippen LogP contribution in [-0.2, 0) is 16.1 Å². The molecule has 130 valence electrons. The second-order valence-corrected chi connectivity index (χ2v) is 6.21. The summed E-state index contributed by atoms with van der Waals surface area (Å²) >= 11 is 0. The van der Waals surface area contributed by atoms with Gasteiger partial charge in [-0.15, -0.1) is 0 Å². The average Bonchev–Trinajstić information content (AvgIpc) is 3.46. The summed E-state index contributed by atoms with van der Waals surface area (Å²) in [6, 6.07) is 17.0. The molecule has 0 saturated heterocycles. The smallest absolute Gasteiger partial charge is 0.230 e. The van der Waals surface area contributed by atoms with Gasteiger partial charge in [-0.3, -0.25) is 9.59 Å². The van der Waals surface area contributed by atoms with Crippen LogP contribution in [0.15, 0.2) is 54.6 Å². The zero-order valence-corrected chi connectivity index (χ0v) is 14.4. The van der Waals surface area contributed by atoms with Crippen molar-refractivity contribution in [3.05, 3.63) is 60.2 Å². The summed E-state index contributed by atoms with van der Waals surface area (Å²) in [6.07, 6.45) is 0.605. The van der Waals surface area contributed by atoms with Gasteiger partial charge in [-0.2, -0.15) is 0 Å². The van der Waals surface area contributed by atoms with Gasteiger partial charge >= 0.3 is 0 Å². The van der Waals surface area contributed by atoms with E-state index in [0.29, 0.717) is 13.0 Å². The minimum Gasteiger partial charge on any atom is -0.496 e. The third kappa shape index (κ3) is 3.82. The highest BCUT2D eigenvalue weighted by molar-refractivity contribution is 6.00. The minimum atomic E-state index is -0.242. The highest BCUT2D eigenvalue weighted by Crippen LogP contribution is 2.40. The second-order valence-electron chi connectivity index (χ2n) is 6.21. The first-order valence-corrected chi connectivity index (χ1v) is 8.34. The van der Waals surface area contributed by atoms with Crippen LogP contribution in [0.3, 0.4) is 0 Å². The molecular formula is C20H22N2O3. The van der Waals surface area contributed by atoms with Crippen molar-refractivity contribution in [3.8, 4) is 5.75 Å². The first-order valence-electron chi connectivity index (χ1n) is 8.34. The van der Waals surface area contributed by atoms with Crippen molar-refractivity contribution in [1.29, 1.82) is 0 Å². The first-order chi connectivity index (χ1) is 12.1. The fourth-order valence-electron chi connectivity index (χ4n) is 2.95. The normalized spacial score (nSPS) is 18.3. The number of rotatable bonds is 6. The molecule has 0 aliphatic heterocycles. The van der Waals surface area contributed by atoms with Crippen molar-refractivity contribution in [2.24, 2.45) is 11.8 Å². The van der Waals surface area contributed by atoms with Gasteiger partial charge in [0.25, 0.3) is 0 Å². The van der Waals surface area contributed by atoms with Crippen LogP contribution in [0.25, 0.3) is 0 Å². The van der Waals surface area contributed by atoms with Crippen molar-refractivity contribution in [1.82, 2.24) is 5.32 Å². The summed E-state index contributed by atoms with van der Waals surface area (Å²) in [7, 11) is 3.36. The van der Waals surface area contributed by atoms with E-state index in [-0.39, 0.29) is 23.7 Å². The zero-order valence-electron chi connectivity index (χ0n) is 14.4. The predicted octanol–water partition coefficient (Wildman–Crippen LogP) is 2.61. The maximum absolute atomic E-state index is 12.5. The van der Waals surface area contributed by atoms with Gasteiger partial charge in [0.2, 0.25) is 11.8 Å². The maximum Gasteiger partial charge on any atom is 0.230 e. The Kier molecular flexibility index (Phi) is 5.03. The standard InChI is InChI=1S/C20H22N2O3/c1-22(15-9-4-3-5-10-15)20(24)17-12-16(17)19(23)21-13-14-8-6-7-11-18(14)25-2/h3-11,16-17H,12-13H2,1-2H3,(H,21,23). The van der Waals surface area contributed by atoms with Crippen LogP contribution in [0.5, 0.6) is 5.75 Å². The second kappa shape index (κ2) is 7.38. The molecule has 1 saturated carbocycles. The van der Waals surface area contributed by atoms with Gasteiger partial charge in [-0.25, -0.2) is 0 Å².